The van der Waals surface area contributed by atoms with Crippen LogP contribution in [0.3, 0.4) is 0 Å². The first-order valence-corrected chi connectivity index (χ1v) is 7.06. The molecule has 3 N–H and O–H groups in total. The Hall–Kier alpha value is -1.23. The molecule has 0 atom stereocenters. The highest BCUT2D eigenvalue weighted by Crippen LogP contribution is 2.23. The first-order chi connectivity index (χ1) is 7.67. The highest BCUT2D eigenvalue weighted by Gasteiger charge is 2.28. The summed E-state index contributed by atoms with van der Waals surface area (Å²) >= 11 is 0. The summed E-state index contributed by atoms with van der Waals surface area (Å²) in [7, 11) is -3.39. The second-order valence-corrected chi connectivity index (χ2v) is 7.42. The van der Waals surface area contributed by atoms with Crippen LogP contribution in [0.5, 0.6) is 0 Å². The van der Waals surface area contributed by atoms with Gasteiger partial charge in [-0.2, -0.15) is 0 Å². The third kappa shape index (κ3) is 3.12. The largest absolute Gasteiger partial charge is 0.398 e. The number of nitrogens with one attached hydrogen (secondary N) is 1. The van der Waals surface area contributed by atoms with Crippen LogP contribution >= 0.6 is 0 Å². The molecule has 0 aliphatic rings. The SMILES string of the molecule is CCc1ccc(NS(=O)(=O)C(C)(C)C)cc1N. The monoisotopic (exact) mass is 256 g/mol. The molecule has 5 heteroatoms. The van der Waals surface area contributed by atoms with Crippen molar-refractivity contribution in [2.24, 2.45) is 0 Å². The Morgan fingerprint density at radius 2 is 1.88 bits per heavy atom. The van der Waals surface area contributed by atoms with Crippen molar-refractivity contribution in [3.63, 3.8) is 0 Å². The second-order valence-electron chi connectivity index (χ2n) is 4.99. The molecule has 0 heterocycles. The summed E-state index contributed by atoms with van der Waals surface area (Å²) in [5, 5.41) is 0. The molecule has 1 rings (SSSR count). The van der Waals surface area contributed by atoms with Crippen molar-refractivity contribution in [2.75, 3.05) is 10.5 Å². The fraction of sp³-hybridized carbons (Fsp3) is 0.500. The molecule has 4 nitrogen and oxygen atoms in total. The van der Waals surface area contributed by atoms with Gasteiger partial charge in [-0.25, -0.2) is 8.42 Å². The molecule has 0 spiro atoms. The fourth-order valence-electron chi connectivity index (χ4n) is 1.29. The summed E-state index contributed by atoms with van der Waals surface area (Å²) < 4.78 is 25.6. The molecular formula is C12H20N2O2S. The quantitative estimate of drug-likeness (QED) is 0.815. The van der Waals surface area contributed by atoms with Gasteiger partial charge in [-0.3, -0.25) is 4.72 Å². The van der Waals surface area contributed by atoms with Crippen LogP contribution < -0.4 is 10.5 Å². The van der Waals surface area contributed by atoms with Crippen molar-refractivity contribution in [3.8, 4) is 0 Å². The molecule has 0 saturated heterocycles. The van der Waals surface area contributed by atoms with Gasteiger partial charge in [0.1, 0.15) is 0 Å². The zero-order chi connectivity index (χ0) is 13.3. The lowest BCUT2D eigenvalue weighted by atomic mass is 10.1. The number of aryl methyl sites for hydroxylation is 1. The van der Waals surface area contributed by atoms with Gasteiger partial charge in [0, 0.05) is 5.69 Å². The van der Waals surface area contributed by atoms with E-state index in [9.17, 15) is 8.42 Å². The third-order valence-corrected chi connectivity index (χ3v) is 4.70. The van der Waals surface area contributed by atoms with E-state index in [-0.39, 0.29) is 0 Å². The number of sulfonamides is 1. The van der Waals surface area contributed by atoms with Crippen molar-refractivity contribution in [1.82, 2.24) is 0 Å². The first kappa shape index (κ1) is 13.8. The predicted molar refractivity (Wildman–Crippen MR) is 72.5 cm³/mol. The molecule has 0 aromatic heterocycles. The molecule has 0 radical (unpaired) electrons. The van der Waals surface area contributed by atoms with Crippen molar-refractivity contribution < 1.29 is 8.42 Å². The molecule has 0 saturated carbocycles. The number of benzene rings is 1. The first-order valence-electron chi connectivity index (χ1n) is 5.58. The summed E-state index contributed by atoms with van der Waals surface area (Å²) in [5.74, 6) is 0. The van der Waals surface area contributed by atoms with Crippen LogP contribution in [0.25, 0.3) is 0 Å². The van der Waals surface area contributed by atoms with E-state index >= 15 is 0 Å². The minimum atomic E-state index is -3.39. The summed E-state index contributed by atoms with van der Waals surface area (Å²) in [6, 6.07) is 5.23. The molecule has 1 aromatic carbocycles. The molecule has 0 unspecified atom stereocenters. The highest BCUT2D eigenvalue weighted by atomic mass is 32.2. The third-order valence-electron chi connectivity index (χ3n) is 2.59. The van der Waals surface area contributed by atoms with E-state index in [1.54, 1.807) is 32.9 Å². The maximum atomic E-state index is 11.9. The molecule has 1 aromatic rings. The van der Waals surface area contributed by atoms with Gasteiger partial charge in [0.15, 0.2) is 0 Å². The topological polar surface area (TPSA) is 72.2 Å². The van der Waals surface area contributed by atoms with Crippen LogP contribution in [0.4, 0.5) is 11.4 Å². The number of hydrogen-bond donors (Lipinski definition) is 2. The second kappa shape index (κ2) is 4.56. The average Bonchev–Trinajstić information content (AvgIpc) is 2.15. The molecule has 0 fully saturated rings. The summed E-state index contributed by atoms with van der Waals surface area (Å²) in [6.45, 7) is 6.96. The minimum absolute atomic E-state index is 0.509. The molecule has 17 heavy (non-hydrogen) atoms. The summed E-state index contributed by atoms with van der Waals surface area (Å²) in [4.78, 5) is 0. The fourth-order valence-corrected chi connectivity index (χ4v) is 2.03. The average molecular weight is 256 g/mol. The van der Waals surface area contributed by atoms with Gasteiger partial charge >= 0.3 is 0 Å². The van der Waals surface area contributed by atoms with Gasteiger partial charge in [0.05, 0.1) is 10.4 Å². The van der Waals surface area contributed by atoms with E-state index in [0.29, 0.717) is 11.4 Å². The van der Waals surface area contributed by atoms with Crippen LogP contribution in [-0.2, 0) is 16.4 Å². The Bertz CT molecular complexity index is 502. The van der Waals surface area contributed by atoms with Gasteiger partial charge < -0.3 is 5.73 Å². The van der Waals surface area contributed by atoms with Crippen molar-refractivity contribution in [3.05, 3.63) is 23.8 Å². The Balaban J connectivity index is 3.02. The van der Waals surface area contributed by atoms with Crippen LogP contribution in [0, 0.1) is 0 Å². The number of anilines is 2. The van der Waals surface area contributed by atoms with Gasteiger partial charge in [-0.05, 0) is 44.9 Å². The van der Waals surface area contributed by atoms with Gasteiger partial charge in [-0.1, -0.05) is 13.0 Å². The Kier molecular flexibility index (Phi) is 3.71. The lowest BCUT2D eigenvalue weighted by Gasteiger charge is -2.20. The van der Waals surface area contributed by atoms with Gasteiger partial charge in [0.25, 0.3) is 0 Å². The smallest absolute Gasteiger partial charge is 0.237 e. The Labute approximate surface area is 103 Å². The standard InChI is InChI=1S/C12H20N2O2S/c1-5-9-6-7-10(8-11(9)13)14-17(15,16)12(2,3)4/h6-8,14H,5,13H2,1-4H3. The zero-order valence-electron chi connectivity index (χ0n) is 10.7. The number of nitrogen functional groups attached to an aromatic ring is 1. The zero-order valence-corrected chi connectivity index (χ0v) is 11.6. The van der Waals surface area contributed by atoms with E-state index in [1.165, 1.54) is 0 Å². The molecular weight excluding hydrogens is 236 g/mol. The van der Waals surface area contributed by atoms with Gasteiger partial charge in [0.2, 0.25) is 10.0 Å². The van der Waals surface area contributed by atoms with Crippen molar-refractivity contribution >= 4 is 21.4 Å². The number of rotatable bonds is 3. The molecule has 96 valence electrons. The normalized spacial score (nSPS) is 12.5. The summed E-state index contributed by atoms with van der Waals surface area (Å²) in [6.07, 6.45) is 0.831. The highest BCUT2D eigenvalue weighted by molar-refractivity contribution is 7.94. The molecule has 0 amide bonds. The van der Waals surface area contributed by atoms with E-state index in [2.05, 4.69) is 4.72 Å². The number of nitrogens with two attached hydrogens (primary N) is 1. The number of hydrogen-bond acceptors (Lipinski definition) is 3. The maximum Gasteiger partial charge on any atom is 0.237 e. The minimum Gasteiger partial charge on any atom is -0.398 e. The lowest BCUT2D eigenvalue weighted by Crippen LogP contribution is -2.33. The van der Waals surface area contributed by atoms with Crippen LogP contribution in [0.1, 0.15) is 33.3 Å². The lowest BCUT2D eigenvalue weighted by molar-refractivity contribution is 0.566. The van der Waals surface area contributed by atoms with E-state index in [4.69, 9.17) is 5.73 Å². The van der Waals surface area contributed by atoms with Crippen LogP contribution in [0.15, 0.2) is 18.2 Å². The van der Waals surface area contributed by atoms with Crippen molar-refractivity contribution in [2.45, 2.75) is 38.9 Å². The molecule has 0 bridgehead atoms. The predicted octanol–water partition coefficient (Wildman–Crippen LogP) is 2.37. The van der Waals surface area contributed by atoms with E-state index < -0.39 is 14.8 Å². The maximum absolute atomic E-state index is 11.9. The van der Waals surface area contributed by atoms with Crippen LogP contribution in [0.2, 0.25) is 0 Å². The molecule has 0 aliphatic heterocycles. The van der Waals surface area contributed by atoms with Crippen molar-refractivity contribution in [1.29, 1.82) is 0 Å². The van der Waals surface area contributed by atoms with E-state index in [0.717, 1.165) is 12.0 Å². The summed E-state index contributed by atoms with van der Waals surface area (Å²) in [5.41, 5.74) is 7.96. The van der Waals surface area contributed by atoms with Crippen LogP contribution in [-0.4, -0.2) is 13.2 Å². The van der Waals surface area contributed by atoms with E-state index in [1.807, 2.05) is 13.0 Å². The Morgan fingerprint density at radius 3 is 2.29 bits per heavy atom. The molecule has 0 aliphatic carbocycles. The van der Waals surface area contributed by atoms with Gasteiger partial charge in [-0.15, -0.1) is 0 Å². The Morgan fingerprint density at radius 1 is 1.29 bits per heavy atom.